The molecule has 2 saturated heterocycles. The number of piperazine rings is 1. The van der Waals surface area contributed by atoms with Crippen LogP contribution in [0.25, 0.3) is 0 Å². The van der Waals surface area contributed by atoms with Crippen molar-refractivity contribution in [2.24, 2.45) is 0 Å². The monoisotopic (exact) mass is 324 g/mol. The fourth-order valence-corrected chi connectivity index (χ4v) is 3.20. The van der Waals surface area contributed by atoms with Crippen LogP contribution in [-0.2, 0) is 14.4 Å². The van der Waals surface area contributed by atoms with E-state index in [0.717, 1.165) is 25.9 Å². The van der Waals surface area contributed by atoms with Gasteiger partial charge in [-0.1, -0.05) is 0 Å². The third-order valence-electron chi connectivity index (χ3n) is 4.54. The van der Waals surface area contributed by atoms with Gasteiger partial charge in [-0.15, -0.1) is 0 Å². The van der Waals surface area contributed by atoms with E-state index in [4.69, 9.17) is 0 Å². The van der Waals surface area contributed by atoms with E-state index in [1.165, 1.54) is 13.3 Å². The van der Waals surface area contributed by atoms with Crippen molar-refractivity contribution in [1.82, 2.24) is 20.0 Å². The van der Waals surface area contributed by atoms with Crippen LogP contribution in [0.1, 0.15) is 33.1 Å². The largest absolute Gasteiger partial charge is 0.345 e. The highest BCUT2D eigenvalue weighted by Gasteiger charge is 2.27. The Labute approximate surface area is 138 Å². The van der Waals surface area contributed by atoms with Gasteiger partial charge in [-0.3, -0.25) is 19.3 Å². The molecule has 0 bridgehead atoms. The quantitative estimate of drug-likeness (QED) is 0.768. The number of nitrogens with zero attached hydrogens (tertiary/aromatic N) is 3. The zero-order chi connectivity index (χ0) is 16.8. The van der Waals surface area contributed by atoms with Crippen LogP contribution in [0, 0.1) is 0 Å². The minimum absolute atomic E-state index is 0.0535. The van der Waals surface area contributed by atoms with Crippen molar-refractivity contribution >= 4 is 17.7 Å². The fourth-order valence-electron chi connectivity index (χ4n) is 3.20. The summed E-state index contributed by atoms with van der Waals surface area (Å²) in [6.45, 7) is 7.95. The third kappa shape index (κ3) is 5.20. The number of hydrogen-bond donors (Lipinski definition) is 1. The predicted molar refractivity (Wildman–Crippen MR) is 86.7 cm³/mol. The molecule has 2 aliphatic rings. The second-order valence-corrected chi connectivity index (χ2v) is 6.47. The first-order valence-corrected chi connectivity index (χ1v) is 8.53. The van der Waals surface area contributed by atoms with Gasteiger partial charge >= 0.3 is 0 Å². The van der Waals surface area contributed by atoms with Gasteiger partial charge in [0.2, 0.25) is 17.7 Å². The Morgan fingerprint density at radius 2 is 1.52 bits per heavy atom. The van der Waals surface area contributed by atoms with Gasteiger partial charge in [-0.25, -0.2) is 0 Å². The fraction of sp³-hybridized carbons (Fsp3) is 0.812. The summed E-state index contributed by atoms with van der Waals surface area (Å²) in [6.07, 6.45) is 3.43. The lowest BCUT2D eigenvalue weighted by atomic mass is 10.1. The Bertz CT molecular complexity index is 441. The zero-order valence-corrected chi connectivity index (χ0v) is 14.2. The number of likely N-dealkylation sites (tertiary alicyclic amines) is 1. The first kappa shape index (κ1) is 17.7. The summed E-state index contributed by atoms with van der Waals surface area (Å²) in [5, 5.41) is 2.62. The topological polar surface area (TPSA) is 73.0 Å². The minimum atomic E-state index is -0.492. The van der Waals surface area contributed by atoms with Crippen LogP contribution in [0.2, 0.25) is 0 Å². The van der Waals surface area contributed by atoms with E-state index < -0.39 is 6.04 Å². The summed E-state index contributed by atoms with van der Waals surface area (Å²) in [4.78, 5) is 41.4. The molecule has 0 aromatic heterocycles. The number of carbonyl (C=O) groups is 3. The molecule has 0 saturated carbocycles. The maximum absolute atomic E-state index is 12.3. The average molecular weight is 324 g/mol. The van der Waals surface area contributed by atoms with Crippen LogP contribution in [0.4, 0.5) is 0 Å². The van der Waals surface area contributed by atoms with Gasteiger partial charge in [-0.05, 0) is 26.2 Å². The molecule has 1 atom stereocenters. The SMILES string of the molecule is CC(=O)NC(C)C(=O)N1CCN(CC(=O)N2CCCCC2)CC1. The Morgan fingerprint density at radius 3 is 2.09 bits per heavy atom. The van der Waals surface area contributed by atoms with Gasteiger partial charge in [0.05, 0.1) is 6.54 Å². The van der Waals surface area contributed by atoms with Crippen molar-refractivity contribution < 1.29 is 14.4 Å². The van der Waals surface area contributed by atoms with Gasteiger partial charge in [0.15, 0.2) is 0 Å². The number of carbonyl (C=O) groups excluding carboxylic acids is 3. The molecule has 0 radical (unpaired) electrons. The van der Waals surface area contributed by atoms with Gasteiger partial charge in [0.25, 0.3) is 0 Å². The summed E-state index contributed by atoms with van der Waals surface area (Å²) in [6, 6.07) is -0.492. The molecule has 3 amide bonds. The third-order valence-corrected chi connectivity index (χ3v) is 4.54. The molecular formula is C16H28N4O3. The first-order valence-electron chi connectivity index (χ1n) is 8.53. The number of amides is 3. The molecular weight excluding hydrogens is 296 g/mol. The summed E-state index contributed by atoms with van der Waals surface area (Å²) in [7, 11) is 0. The van der Waals surface area contributed by atoms with Crippen LogP contribution in [0.15, 0.2) is 0 Å². The Morgan fingerprint density at radius 1 is 0.913 bits per heavy atom. The number of nitrogens with one attached hydrogen (secondary N) is 1. The van der Waals surface area contributed by atoms with Crippen LogP contribution in [-0.4, -0.2) is 84.3 Å². The lowest BCUT2D eigenvalue weighted by Crippen LogP contribution is -2.55. The van der Waals surface area contributed by atoms with E-state index in [0.29, 0.717) is 32.7 Å². The van der Waals surface area contributed by atoms with Gasteiger partial charge in [0, 0.05) is 46.2 Å². The first-order chi connectivity index (χ1) is 11.0. The van der Waals surface area contributed by atoms with E-state index in [-0.39, 0.29) is 17.7 Å². The molecule has 7 heteroatoms. The van der Waals surface area contributed by atoms with Crippen molar-refractivity contribution in [2.75, 3.05) is 45.8 Å². The van der Waals surface area contributed by atoms with Crippen molar-refractivity contribution in [2.45, 2.75) is 39.2 Å². The van der Waals surface area contributed by atoms with E-state index in [2.05, 4.69) is 10.2 Å². The van der Waals surface area contributed by atoms with Crippen LogP contribution >= 0.6 is 0 Å². The normalized spacial score (nSPS) is 21.0. The molecule has 0 aromatic rings. The molecule has 0 aliphatic carbocycles. The average Bonchev–Trinajstić information content (AvgIpc) is 2.55. The molecule has 0 spiro atoms. The molecule has 1 unspecified atom stereocenters. The van der Waals surface area contributed by atoms with Crippen LogP contribution in [0.3, 0.4) is 0 Å². The van der Waals surface area contributed by atoms with E-state index in [9.17, 15) is 14.4 Å². The van der Waals surface area contributed by atoms with Gasteiger partial charge in [-0.2, -0.15) is 0 Å². The Balaban J connectivity index is 1.74. The lowest BCUT2D eigenvalue weighted by molar-refractivity contribution is -0.138. The predicted octanol–water partition coefficient (Wildman–Crippen LogP) is -0.332. The van der Waals surface area contributed by atoms with Crippen LogP contribution < -0.4 is 5.32 Å². The molecule has 1 N–H and O–H groups in total. The highest BCUT2D eigenvalue weighted by atomic mass is 16.2. The number of hydrogen-bond acceptors (Lipinski definition) is 4. The maximum atomic E-state index is 12.3. The Hall–Kier alpha value is -1.63. The molecule has 2 fully saturated rings. The molecule has 2 heterocycles. The van der Waals surface area contributed by atoms with E-state index in [1.807, 2.05) is 4.90 Å². The smallest absolute Gasteiger partial charge is 0.244 e. The van der Waals surface area contributed by atoms with Crippen molar-refractivity contribution in [3.8, 4) is 0 Å². The summed E-state index contributed by atoms with van der Waals surface area (Å²) in [5.41, 5.74) is 0. The summed E-state index contributed by atoms with van der Waals surface area (Å²) in [5.74, 6) is -0.0464. The van der Waals surface area contributed by atoms with E-state index >= 15 is 0 Å². The highest BCUT2D eigenvalue weighted by Crippen LogP contribution is 2.10. The van der Waals surface area contributed by atoms with Crippen molar-refractivity contribution in [1.29, 1.82) is 0 Å². The van der Waals surface area contributed by atoms with Crippen molar-refractivity contribution in [3.63, 3.8) is 0 Å². The molecule has 2 aliphatic heterocycles. The molecule has 7 nitrogen and oxygen atoms in total. The molecule has 23 heavy (non-hydrogen) atoms. The molecule has 2 rings (SSSR count). The lowest BCUT2D eigenvalue weighted by Gasteiger charge is -2.37. The molecule has 0 aromatic carbocycles. The number of rotatable bonds is 4. The summed E-state index contributed by atoms with van der Waals surface area (Å²) >= 11 is 0. The standard InChI is InChI=1S/C16H28N4O3/c1-13(17-14(2)21)16(23)20-10-8-18(9-11-20)12-15(22)19-6-4-3-5-7-19/h13H,3-12H2,1-2H3,(H,17,21). The second-order valence-electron chi connectivity index (χ2n) is 6.47. The second kappa shape index (κ2) is 8.29. The van der Waals surface area contributed by atoms with Crippen molar-refractivity contribution in [3.05, 3.63) is 0 Å². The maximum Gasteiger partial charge on any atom is 0.244 e. The van der Waals surface area contributed by atoms with Crippen LogP contribution in [0.5, 0.6) is 0 Å². The minimum Gasteiger partial charge on any atom is -0.345 e. The number of piperidine rings is 1. The highest BCUT2D eigenvalue weighted by molar-refractivity contribution is 5.86. The van der Waals surface area contributed by atoms with Gasteiger partial charge < -0.3 is 15.1 Å². The summed E-state index contributed by atoms with van der Waals surface area (Å²) < 4.78 is 0. The Kier molecular flexibility index (Phi) is 6.38. The van der Waals surface area contributed by atoms with Gasteiger partial charge in [0.1, 0.15) is 6.04 Å². The molecule has 130 valence electrons. The zero-order valence-electron chi connectivity index (χ0n) is 14.2. The van der Waals surface area contributed by atoms with E-state index in [1.54, 1.807) is 11.8 Å².